The molecule has 0 aliphatic carbocycles. The van der Waals surface area contributed by atoms with Crippen molar-refractivity contribution in [2.75, 3.05) is 18.5 Å². The van der Waals surface area contributed by atoms with Crippen LogP contribution in [0.2, 0.25) is 0 Å². The second-order valence-corrected chi connectivity index (χ2v) is 3.51. The van der Waals surface area contributed by atoms with Gasteiger partial charge in [0.25, 0.3) is 0 Å². The summed E-state index contributed by atoms with van der Waals surface area (Å²) in [7, 11) is 1.95. The molecule has 0 aliphatic rings. The molecule has 4 nitrogen and oxygen atoms in total. The van der Waals surface area contributed by atoms with Gasteiger partial charge in [-0.2, -0.15) is 0 Å². The fourth-order valence-electron chi connectivity index (χ4n) is 1.46. The van der Waals surface area contributed by atoms with Gasteiger partial charge in [0.15, 0.2) is 0 Å². The van der Waals surface area contributed by atoms with E-state index in [0.29, 0.717) is 0 Å². The molecule has 1 rings (SSSR count). The number of rotatable bonds is 5. The van der Waals surface area contributed by atoms with Gasteiger partial charge in [0.1, 0.15) is 5.82 Å². The summed E-state index contributed by atoms with van der Waals surface area (Å²) in [4.78, 5) is 16.7. The van der Waals surface area contributed by atoms with E-state index in [1.807, 2.05) is 18.0 Å². The molecule has 86 valence electrons. The Morgan fingerprint density at radius 3 is 3.00 bits per heavy atom. The molecule has 0 radical (unpaired) electrons. The van der Waals surface area contributed by atoms with Crippen molar-refractivity contribution in [3.63, 3.8) is 0 Å². The van der Waals surface area contributed by atoms with Crippen LogP contribution in [0.3, 0.4) is 0 Å². The molecule has 0 aromatic carbocycles. The normalized spacial score (nSPS) is 10.6. The average Bonchev–Trinajstić information content (AvgIpc) is 2.27. The van der Waals surface area contributed by atoms with E-state index in [-0.39, 0.29) is 0 Å². The maximum absolute atomic E-state index is 10.5. The zero-order valence-corrected chi connectivity index (χ0v) is 9.55. The molecule has 0 unspecified atom stereocenters. The Hall–Kier alpha value is -1.84. The van der Waals surface area contributed by atoms with Crippen LogP contribution >= 0.6 is 0 Å². The highest BCUT2D eigenvalue weighted by Gasteiger charge is 2.05. The van der Waals surface area contributed by atoms with Crippen molar-refractivity contribution in [2.45, 2.75) is 13.3 Å². The molecule has 4 heteroatoms. The lowest BCUT2D eigenvalue weighted by Crippen LogP contribution is -2.19. The quantitative estimate of drug-likeness (QED) is 0.771. The molecule has 0 saturated carbocycles. The van der Waals surface area contributed by atoms with E-state index < -0.39 is 5.97 Å². The molecular weight excluding hydrogens is 204 g/mol. The number of carboxylic acids is 1. The van der Waals surface area contributed by atoms with Crippen molar-refractivity contribution in [3.05, 3.63) is 30.0 Å². The first-order chi connectivity index (χ1) is 7.65. The van der Waals surface area contributed by atoms with Crippen molar-refractivity contribution in [3.8, 4) is 0 Å². The minimum Gasteiger partial charge on any atom is -0.478 e. The first-order valence-electron chi connectivity index (χ1n) is 5.22. The number of nitrogens with zero attached hydrogens (tertiary/aromatic N) is 2. The summed E-state index contributed by atoms with van der Waals surface area (Å²) in [6, 6.07) is 3.65. The largest absolute Gasteiger partial charge is 0.478 e. The van der Waals surface area contributed by atoms with Crippen LogP contribution in [0.4, 0.5) is 5.82 Å². The van der Waals surface area contributed by atoms with Gasteiger partial charge in [0.05, 0.1) is 0 Å². The van der Waals surface area contributed by atoms with Gasteiger partial charge in [-0.25, -0.2) is 9.78 Å². The standard InChI is InChI=1S/C12H16N2O2/c1-3-9-14(2)12-10(5-4-8-13-12)6-7-11(15)16/h4-8H,3,9H2,1-2H3,(H,15,16)/b7-6+. The van der Waals surface area contributed by atoms with Crippen molar-refractivity contribution in [2.24, 2.45) is 0 Å². The van der Waals surface area contributed by atoms with Crippen LogP contribution in [0.5, 0.6) is 0 Å². The Morgan fingerprint density at radius 1 is 1.62 bits per heavy atom. The van der Waals surface area contributed by atoms with E-state index in [9.17, 15) is 4.79 Å². The smallest absolute Gasteiger partial charge is 0.328 e. The van der Waals surface area contributed by atoms with E-state index in [2.05, 4.69) is 11.9 Å². The zero-order valence-electron chi connectivity index (χ0n) is 9.55. The van der Waals surface area contributed by atoms with E-state index in [1.165, 1.54) is 0 Å². The predicted octanol–water partition coefficient (Wildman–Crippen LogP) is 2.03. The average molecular weight is 220 g/mol. The minimum atomic E-state index is -0.951. The molecular formula is C12H16N2O2. The summed E-state index contributed by atoms with van der Waals surface area (Å²) in [6.45, 7) is 2.98. The van der Waals surface area contributed by atoms with E-state index >= 15 is 0 Å². The molecule has 1 aromatic rings. The number of aliphatic carboxylic acids is 1. The summed E-state index contributed by atoms with van der Waals surface area (Å²) in [5.74, 6) is -0.144. The summed E-state index contributed by atoms with van der Waals surface area (Å²) >= 11 is 0. The highest BCUT2D eigenvalue weighted by Crippen LogP contribution is 2.17. The molecule has 0 fully saturated rings. The Balaban J connectivity index is 2.95. The van der Waals surface area contributed by atoms with E-state index in [0.717, 1.165) is 30.4 Å². The molecule has 0 spiro atoms. The second-order valence-electron chi connectivity index (χ2n) is 3.51. The first-order valence-corrected chi connectivity index (χ1v) is 5.22. The van der Waals surface area contributed by atoms with Gasteiger partial charge in [-0.15, -0.1) is 0 Å². The number of carbonyl (C=O) groups is 1. The number of aromatic nitrogens is 1. The highest BCUT2D eigenvalue weighted by atomic mass is 16.4. The molecule has 0 atom stereocenters. The van der Waals surface area contributed by atoms with E-state index in [1.54, 1.807) is 18.3 Å². The molecule has 0 amide bonds. The molecule has 0 bridgehead atoms. The molecule has 16 heavy (non-hydrogen) atoms. The van der Waals surface area contributed by atoms with Gasteiger partial charge in [0.2, 0.25) is 0 Å². The van der Waals surface area contributed by atoms with Crippen molar-refractivity contribution in [1.29, 1.82) is 0 Å². The zero-order chi connectivity index (χ0) is 12.0. The Morgan fingerprint density at radius 2 is 2.38 bits per heavy atom. The van der Waals surface area contributed by atoms with Crippen molar-refractivity contribution >= 4 is 17.9 Å². The Kier molecular flexibility index (Phi) is 4.51. The lowest BCUT2D eigenvalue weighted by Gasteiger charge is -2.18. The predicted molar refractivity (Wildman–Crippen MR) is 64.5 cm³/mol. The third kappa shape index (κ3) is 3.38. The Labute approximate surface area is 95.2 Å². The molecule has 0 saturated heterocycles. The summed E-state index contributed by atoms with van der Waals surface area (Å²) < 4.78 is 0. The third-order valence-electron chi connectivity index (χ3n) is 2.14. The van der Waals surface area contributed by atoms with Crippen LogP contribution in [0.25, 0.3) is 6.08 Å². The van der Waals surface area contributed by atoms with Crippen LogP contribution in [-0.2, 0) is 4.79 Å². The maximum Gasteiger partial charge on any atom is 0.328 e. The van der Waals surface area contributed by atoms with Crippen LogP contribution in [0.15, 0.2) is 24.4 Å². The van der Waals surface area contributed by atoms with Gasteiger partial charge in [0, 0.05) is 31.4 Å². The number of pyridine rings is 1. The van der Waals surface area contributed by atoms with Gasteiger partial charge in [-0.3, -0.25) is 0 Å². The van der Waals surface area contributed by atoms with Gasteiger partial charge in [-0.05, 0) is 24.6 Å². The number of anilines is 1. The van der Waals surface area contributed by atoms with Crippen LogP contribution < -0.4 is 4.90 Å². The lowest BCUT2D eigenvalue weighted by molar-refractivity contribution is -0.131. The Bertz CT molecular complexity index is 388. The van der Waals surface area contributed by atoms with Gasteiger partial charge >= 0.3 is 5.97 Å². The number of carboxylic acid groups (broad SMARTS) is 1. The number of hydrogen-bond acceptors (Lipinski definition) is 3. The lowest BCUT2D eigenvalue weighted by atomic mass is 10.2. The second kappa shape index (κ2) is 5.90. The fourth-order valence-corrected chi connectivity index (χ4v) is 1.46. The third-order valence-corrected chi connectivity index (χ3v) is 2.14. The van der Waals surface area contributed by atoms with Gasteiger partial charge < -0.3 is 10.0 Å². The maximum atomic E-state index is 10.5. The van der Waals surface area contributed by atoms with Crippen LogP contribution in [0, 0.1) is 0 Å². The summed E-state index contributed by atoms with van der Waals surface area (Å²) in [6.07, 6.45) is 5.42. The summed E-state index contributed by atoms with van der Waals surface area (Å²) in [5, 5.41) is 8.59. The van der Waals surface area contributed by atoms with Crippen molar-refractivity contribution < 1.29 is 9.90 Å². The molecule has 1 N–H and O–H groups in total. The minimum absolute atomic E-state index is 0.807. The van der Waals surface area contributed by atoms with Gasteiger partial charge in [-0.1, -0.05) is 6.92 Å². The SMILES string of the molecule is CCCN(C)c1ncccc1/C=C/C(=O)O. The fraction of sp³-hybridized carbons (Fsp3) is 0.333. The first kappa shape index (κ1) is 12.2. The monoisotopic (exact) mass is 220 g/mol. The van der Waals surface area contributed by atoms with E-state index in [4.69, 9.17) is 5.11 Å². The van der Waals surface area contributed by atoms with Crippen LogP contribution in [-0.4, -0.2) is 29.7 Å². The summed E-state index contributed by atoms with van der Waals surface area (Å²) in [5.41, 5.74) is 0.820. The molecule has 1 aromatic heterocycles. The van der Waals surface area contributed by atoms with Crippen LogP contribution in [0.1, 0.15) is 18.9 Å². The number of hydrogen-bond donors (Lipinski definition) is 1. The molecule has 0 aliphatic heterocycles. The molecule has 1 heterocycles. The van der Waals surface area contributed by atoms with Crippen molar-refractivity contribution in [1.82, 2.24) is 4.98 Å². The topological polar surface area (TPSA) is 53.4 Å². The highest BCUT2D eigenvalue weighted by molar-refractivity contribution is 5.86.